The van der Waals surface area contributed by atoms with Gasteiger partial charge in [0.05, 0.1) is 24.3 Å². The molecule has 0 unspecified atom stereocenters. The molecule has 26 heavy (non-hydrogen) atoms. The Bertz CT molecular complexity index is 851. The molecule has 2 aromatic carbocycles. The number of non-ortho nitro benzene ring substituents is 1. The summed E-state index contributed by atoms with van der Waals surface area (Å²) >= 11 is 3.21. The number of ether oxygens (including phenoxy) is 2. The van der Waals surface area contributed by atoms with Gasteiger partial charge in [0.2, 0.25) is 5.91 Å². The topological polar surface area (TPSA) is 90.7 Å². The van der Waals surface area contributed by atoms with E-state index >= 15 is 0 Å². The molecule has 0 saturated heterocycles. The fraction of sp³-hybridized carbons (Fsp3) is 0.167. The van der Waals surface area contributed by atoms with Crippen molar-refractivity contribution in [3.63, 3.8) is 0 Å². The Kier molecular flexibility index (Phi) is 6.74. The van der Waals surface area contributed by atoms with Crippen molar-refractivity contribution in [1.29, 1.82) is 0 Å². The largest absolute Gasteiger partial charge is 0.493 e. The van der Waals surface area contributed by atoms with Crippen molar-refractivity contribution in [3.05, 3.63) is 62.6 Å². The highest BCUT2D eigenvalue weighted by molar-refractivity contribution is 9.10. The van der Waals surface area contributed by atoms with E-state index in [0.29, 0.717) is 28.3 Å². The minimum atomic E-state index is -0.504. The van der Waals surface area contributed by atoms with E-state index in [0.717, 1.165) is 5.56 Å². The van der Waals surface area contributed by atoms with E-state index < -0.39 is 4.92 Å². The number of rotatable bonds is 7. The molecule has 0 aliphatic rings. The van der Waals surface area contributed by atoms with Crippen LogP contribution in [0.25, 0.3) is 6.08 Å². The molecule has 1 N–H and O–H groups in total. The molecular weight excluding hydrogens is 404 g/mol. The number of anilines is 1. The van der Waals surface area contributed by atoms with Crippen LogP contribution in [0.15, 0.2) is 46.9 Å². The summed E-state index contributed by atoms with van der Waals surface area (Å²) < 4.78 is 11.1. The lowest BCUT2D eigenvalue weighted by Crippen LogP contribution is -2.08. The van der Waals surface area contributed by atoms with Gasteiger partial charge in [0.15, 0.2) is 11.5 Å². The van der Waals surface area contributed by atoms with E-state index in [9.17, 15) is 14.9 Å². The molecular formula is C18H17BrN2O5. The Morgan fingerprint density at radius 2 is 2.04 bits per heavy atom. The summed E-state index contributed by atoms with van der Waals surface area (Å²) in [5, 5.41) is 13.4. The Labute approximate surface area is 158 Å². The number of nitrogens with one attached hydrogen (secondary N) is 1. The third kappa shape index (κ3) is 5.06. The highest BCUT2D eigenvalue weighted by atomic mass is 79.9. The maximum atomic E-state index is 12.1. The lowest BCUT2D eigenvalue weighted by Gasteiger charge is -2.09. The maximum Gasteiger partial charge on any atom is 0.270 e. The standard InChI is InChI=1S/C18H17BrN2O5/c1-3-26-16-8-4-12(10-17(16)25-2)5-9-18(22)20-15-7-6-13(21(23)24)11-14(15)19/h4-11H,3H2,1-2H3,(H,20,22)/b9-5+. The number of nitro benzene ring substituents is 1. The molecule has 8 heteroatoms. The van der Waals surface area contributed by atoms with Crippen molar-refractivity contribution >= 4 is 39.3 Å². The summed E-state index contributed by atoms with van der Waals surface area (Å²) in [5.74, 6) is 0.839. The number of carbonyl (C=O) groups is 1. The van der Waals surface area contributed by atoms with Crippen LogP contribution in [0, 0.1) is 10.1 Å². The van der Waals surface area contributed by atoms with Crippen LogP contribution < -0.4 is 14.8 Å². The number of nitro groups is 1. The molecule has 0 radical (unpaired) electrons. The Morgan fingerprint density at radius 3 is 2.65 bits per heavy atom. The normalized spacial score (nSPS) is 10.6. The number of benzene rings is 2. The van der Waals surface area contributed by atoms with Crippen LogP contribution in [0.2, 0.25) is 0 Å². The molecule has 0 bridgehead atoms. The van der Waals surface area contributed by atoms with E-state index in [2.05, 4.69) is 21.2 Å². The van der Waals surface area contributed by atoms with E-state index in [1.54, 1.807) is 31.4 Å². The number of carbonyl (C=O) groups excluding carboxylic acids is 1. The average molecular weight is 421 g/mol. The molecule has 0 aliphatic heterocycles. The number of halogens is 1. The molecule has 0 spiro atoms. The molecule has 0 aromatic heterocycles. The third-order valence-electron chi connectivity index (χ3n) is 3.34. The van der Waals surface area contributed by atoms with Gasteiger partial charge in [-0.05, 0) is 52.7 Å². The van der Waals surface area contributed by atoms with Crippen molar-refractivity contribution in [2.45, 2.75) is 6.92 Å². The van der Waals surface area contributed by atoms with E-state index in [4.69, 9.17) is 9.47 Å². The van der Waals surface area contributed by atoms with Crippen LogP contribution in [0.1, 0.15) is 12.5 Å². The first-order valence-electron chi connectivity index (χ1n) is 7.68. The number of nitrogens with zero attached hydrogens (tertiary/aromatic N) is 1. The summed E-state index contributed by atoms with van der Waals surface area (Å²) in [5.41, 5.74) is 1.14. The third-order valence-corrected chi connectivity index (χ3v) is 3.99. The highest BCUT2D eigenvalue weighted by Gasteiger charge is 2.10. The zero-order valence-electron chi connectivity index (χ0n) is 14.2. The first kappa shape index (κ1) is 19.5. The van der Waals surface area contributed by atoms with Gasteiger partial charge in [-0.25, -0.2) is 0 Å². The summed E-state index contributed by atoms with van der Waals surface area (Å²) in [7, 11) is 1.55. The number of hydrogen-bond donors (Lipinski definition) is 1. The van der Waals surface area contributed by atoms with Gasteiger partial charge in [0.1, 0.15) is 0 Å². The lowest BCUT2D eigenvalue weighted by atomic mass is 10.2. The zero-order valence-corrected chi connectivity index (χ0v) is 15.8. The molecule has 0 fully saturated rings. The van der Waals surface area contributed by atoms with Crippen molar-refractivity contribution in [3.8, 4) is 11.5 Å². The second kappa shape index (κ2) is 9.00. The Balaban J connectivity index is 2.09. The quantitative estimate of drug-likeness (QED) is 0.406. The fourth-order valence-electron chi connectivity index (χ4n) is 2.13. The van der Waals surface area contributed by atoms with Crippen LogP contribution in [0.4, 0.5) is 11.4 Å². The molecule has 2 rings (SSSR count). The summed E-state index contributed by atoms with van der Waals surface area (Å²) in [6.07, 6.45) is 3.00. The van der Waals surface area contributed by atoms with Gasteiger partial charge < -0.3 is 14.8 Å². The first-order valence-corrected chi connectivity index (χ1v) is 8.47. The van der Waals surface area contributed by atoms with E-state index in [1.165, 1.54) is 24.3 Å². The molecule has 7 nitrogen and oxygen atoms in total. The SMILES string of the molecule is CCOc1ccc(/C=C/C(=O)Nc2ccc([N+](=O)[O-])cc2Br)cc1OC. The van der Waals surface area contributed by atoms with Gasteiger partial charge in [0, 0.05) is 22.7 Å². The molecule has 136 valence electrons. The van der Waals surface area contributed by atoms with Gasteiger partial charge >= 0.3 is 0 Å². The van der Waals surface area contributed by atoms with Crippen LogP contribution in [-0.4, -0.2) is 24.5 Å². The van der Waals surface area contributed by atoms with E-state index in [-0.39, 0.29) is 11.6 Å². The predicted molar refractivity (Wildman–Crippen MR) is 103 cm³/mol. The van der Waals surface area contributed by atoms with Gasteiger partial charge in [-0.15, -0.1) is 0 Å². The molecule has 0 atom stereocenters. The molecule has 1 amide bonds. The second-order valence-electron chi connectivity index (χ2n) is 5.09. The number of amides is 1. The number of hydrogen-bond acceptors (Lipinski definition) is 5. The monoisotopic (exact) mass is 420 g/mol. The molecule has 0 heterocycles. The molecule has 0 aliphatic carbocycles. The summed E-state index contributed by atoms with van der Waals surface area (Å²) in [6.45, 7) is 2.41. The minimum absolute atomic E-state index is 0.0631. The molecule has 2 aromatic rings. The Morgan fingerprint density at radius 1 is 1.27 bits per heavy atom. The minimum Gasteiger partial charge on any atom is -0.493 e. The second-order valence-corrected chi connectivity index (χ2v) is 5.94. The van der Waals surface area contributed by atoms with Crippen molar-refractivity contribution in [2.75, 3.05) is 19.0 Å². The van der Waals surface area contributed by atoms with Crippen LogP contribution in [-0.2, 0) is 4.79 Å². The smallest absolute Gasteiger partial charge is 0.270 e. The van der Waals surface area contributed by atoms with Crippen molar-refractivity contribution < 1.29 is 19.2 Å². The first-order chi connectivity index (χ1) is 12.4. The Hall–Kier alpha value is -2.87. The van der Waals surface area contributed by atoms with Crippen LogP contribution in [0.3, 0.4) is 0 Å². The maximum absolute atomic E-state index is 12.1. The van der Waals surface area contributed by atoms with Gasteiger partial charge in [0.25, 0.3) is 5.69 Å². The lowest BCUT2D eigenvalue weighted by molar-refractivity contribution is -0.384. The van der Waals surface area contributed by atoms with Crippen molar-refractivity contribution in [1.82, 2.24) is 0 Å². The van der Waals surface area contributed by atoms with Crippen LogP contribution >= 0.6 is 15.9 Å². The average Bonchev–Trinajstić information content (AvgIpc) is 2.62. The zero-order chi connectivity index (χ0) is 19.1. The summed E-state index contributed by atoms with van der Waals surface area (Å²) in [4.78, 5) is 22.3. The highest BCUT2D eigenvalue weighted by Crippen LogP contribution is 2.29. The van der Waals surface area contributed by atoms with Gasteiger partial charge in [-0.3, -0.25) is 14.9 Å². The predicted octanol–water partition coefficient (Wildman–Crippen LogP) is 4.42. The summed E-state index contributed by atoms with van der Waals surface area (Å²) in [6, 6.07) is 9.45. The fourth-order valence-corrected chi connectivity index (χ4v) is 2.59. The van der Waals surface area contributed by atoms with Gasteiger partial charge in [-0.2, -0.15) is 0 Å². The van der Waals surface area contributed by atoms with Crippen LogP contribution in [0.5, 0.6) is 11.5 Å². The van der Waals surface area contributed by atoms with Gasteiger partial charge in [-0.1, -0.05) is 6.07 Å². The van der Waals surface area contributed by atoms with E-state index in [1.807, 2.05) is 6.92 Å². The molecule has 0 saturated carbocycles. The van der Waals surface area contributed by atoms with Crippen molar-refractivity contribution in [2.24, 2.45) is 0 Å². The number of methoxy groups -OCH3 is 1.